The highest BCUT2D eigenvalue weighted by molar-refractivity contribution is 5.69. The number of alkyl carbamates (subject to hydrolysis) is 1. The Morgan fingerprint density at radius 3 is 2.26 bits per heavy atom. The number of rotatable bonds is 5. The molecule has 2 aromatic rings. The van der Waals surface area contributed by atoms with Gasteiger partial charge in [0.15, 0.2) is 0 Å². The number of halogens is 1. The van der Waals surface area contributed by atoms with Crippen LogP contribution in [0.5, 0.6) is 0 Å². The predicted molar refractivity (Wildman–Crippen MR) is 141 cm³/mol. The van der Waals surface area contributed by atoms with Crippen LogP contribution in [0.25, 0.3) is 5.69 Å². The molecule has 10 nitrogen and oxygen atoms in total. The lowest BCUT2D eigenvalue weighted by molar-refractivity contribution is 0.00772. The first-order valence-corrected chi connectivity index (χ1v) is 12.7. The van der Waals surface area contributed by atoms with Crippen molar-refractivity contribution in [2.24, 2.45) is 0 Å². The topological polar surface area (TPSA) is 129 Å². The highest BCUT2D eigenvalue weighted by atomic mass is 19.1. The molecular formula is C27H38FN5O5. The number of hydrogen-bond acceptors (Lipinski definition) is 7. The highest BCUT2D eigenvalue weighted by Crippen LogP contribution is 2.28. The number of anilines is 1. The zero-order valence-electron chi connectivity index (χ0n) is 22.9. The predicted octanol–water partition coefficient (Wildman–Crippen LogP) is 4.53. The number of nitrogen functional groups attached to an aromatic ring is 1. The maximum atomic E-state index is 15.2. The fraction of sp³-hybridized carbons (Fsp3) is 0.556. The van der Waals surface area contributed by atoms with Crippen LogP contribution in [0.15, 0.2) is 35.3 Å². The smallest absolute Gasteiger partial charge is 0.410 e. The van der Waals surface area contributed by atoms with E-state index in [0.717, 1.165) is 0 Å². The Kier molecular flexibility index (Phi) is 8.68. The summed E-state index contributed by atoms with van der Waals surface area (Å²) < 4.78 is 27.4. The lowest BCUT2D eigenvalue weighted by Gasteiger charge is -2.38. The Labute approximate surface area is 222 Å². The minimum Gasteiger partial charge on any atom is -0.444 e. The van der Waals surface area contributed by atoms with E-state index in [0.29, 0.717) is 31.4 Å². The average molecular weight is 532 g/mol. The maximum absolute atomic E-state index is 15.2. The molecule has 3 rings (SSSR count). The van der Waals surface area contributed by atoms with Gasteiger partial charge in [-0.25, -0.2) is 18.8 Å². The minimum absolute atomic E-state index is 0.00919. The van der Waals surface area contributed by atoms with E-state index in [4.69, 9.17) is 15.2 Å². The third-order valence-electron chi connectivity index (χ3n) is 5.97. The van der Waals surface area contributed by atoms with Crippen molar-refractivity contribution in [3.8, 4) is 5.69 Å². The molecule has 1 fully saturated rings. The quantitative estimate of drug-likeness (QED) is 0.580. The van der Waals surface area contributed by atoms with Gasteiger partial charge < -0.3 is 25.4 Å². The molecule has 0 spiro atoms. The molecule has 2 amide bonds. The summed E-state index contributed by atoms with van der Waals surface area (Å²) in [7, 11) is 0. The van der Waals surface area contributed by atoms with Gasteiger partial charge in [0.05, 0.1) is 12.2 Å². The van der Waals surface area contributed by atoms with Gasteiger partial charge in [-0.05, 0) is 85.4 Å². The standard InChI is InChI=1S/C27H38FN5O5/c1-26(2,3)37-24(35)30-18-8-11-19(12-9-18)33(25(36)38-27(4,5)6)16-17-7-10-20(15-21(17)28)32-14-13-22(29)31-23(32)34/h7,10,13-15,18-19H,8-9,11-12,16H2,1-6H3,(H,30,35)(H2,29,31,34). The lowest BCUT2D eigenvalue weighted by Crippen LogP contribution is -2.48. The molecule has 0 aliphatic heterocycles. The zero-order valence-corrected chi connectivity index (χ0v) is 22.9. The number of aromatic nitrogens is 2. The van der Waals surface area contributed by atoms with Gasteiger partial charge in [0.25, 0.3) is 0 Å². The van der Waals surface area contributed by atoms with Crippen molar-refractivity contribution in [2.45, 2.75) is 97.1 Å². The Morgan fingerprint density at radius 1 is 1.08 bits per heavy atom. The minimum atomic E-state index is -0.726. The Bertz CT molecular complexity index is 1210. The van der Waals surface area contributed by atoms with Gasteiger partial charge >= 0.3 is 17.9 Å². The van der Waals surface area contributed by atoms with Crippen LogP contribution in [0.4, 0.5) is 19.8 Å². The lowest BCUT2D eigenvalue weighted by atomic mass is 9.90. The van der Waals surface area contributed by atoms with Gasteiger partial charge in [-0.3, -0.25) is 4.57 Å². The van der Waals surface area contributed by atoms with E-state index in [1.54, 1.807) is 58.6 Å². The molecule has 0 bridgehead atoms. The molecule has 1 aromatic heterocycles. The molecule has 208 valence electrons. The number of carbonyl (C=O) groups is 2. The SMILES string of the molecule is CC(C)(C)OC(=O)NC1CCC(N(Cc2ccc(-n3ccc(N)nc3=O)cc2F)C(=O)OC(C)(C)C)CC1. The first-order valence-electron chi connectivity index (χ1n) is 12.7. The van der Waals surface area contributed by atoms with E-state index in [1.165, 1.54) is 22.9 Å². The van der Waals surface area contributed by atoms with Crippen LogP contribution in [-0.4, -0.2) is 49.9 Å². The van der Waals surface area contributed by atoms with E-state index in [1.807, 2.05) is 0 Å². The maximum Gasteiger partial charge on any atom is 0.410 e. The first-order chi connectivity index (χ1) is 17.6. The fourth-order valence-electron chi connectivity index (χ4n) is 4.28. The normalized spacial score (nSPS) is 18.0. The number of hydrogen-bond donors (Lipinski definition) is 2. The summed E-state index contributed by atoms with van der Waals surface area (Å²) in [6, 6.07) is 5.52. The van der Waals surface area contributed by atoms with Crippen LogP contribution in [0.2, 0.25) is 0 Å². The zero-order chi connectivity index (χ0) is 28.3. The fourth-order valence-corrected chi connectivity index (χ4v) is 4.28. The van der Waals surface area contributed by atoms with Gasteiger partial charge in [0, 0.05) is 23.8 Å². The van der Waals surface area contributed by atoms with Crippen molar-refractivity contribution < 1.29 is 23.5 Å². The number of benzene rings is 1. The second-order valence-corrected chi connectivity index (χ2v) is 11.5. The number of nitrogens with two attached hydrogens (primary N) is 1. The van der Waals surface area contributed by atoms with Crippen LogP contribution in [0, 0.1) is 5.82 Å². The van der Waals surface area contributed by atoms with E-state index in [-0.39, 0.29) is 30.0 Å². The van der Waals surface area contributed by atoms with Gasteiger partial charge in [0.2, 0.25) is 0 Å². The molecule has 0 saturated heterocycles. The van der Waals surface area contributed by atoms with Crippen LogP contribution < -0.4 is 16.7 Å². The molecule has 0 atom stereocenters. The molecular weight excluding hydrogens is 493 g/mol. The van der Waals surface area contributed by atoms with E-state index in [9.17, 15) is 14.4 Å². The molecule has 1 aromatic carbocycles. The van der Waals surface area contributed by atoms with Crippen molar-refractivity contribution >= 4 is 18.0 Å². The third kappa shape index (κ3) is 8.19. The summed E-state index contributed by atoms with van der Waals surface area (Å²) in [6.45, 7) is 10.7. The van der Waals surface area contributed by atoms with Crippen molar-refractivity contribution in [3.05, 3.63) is 52.3 Å². The first kappa shape index (κ1) is 28.9. The summed E-state index contributed by atoms with van der Waals surface area (Å²) in [6.07, 6.45) is 2.90. The van der Waals surface area contributed by atoms with E-state index < -0.39 is 34.9 Å². The Balaban J connectivity index is 1.75. The number of amides is 2. The van der Waals surface area contributed by atoms with Crippen molar-refractivity contribution in [3.63, 3.8) is 0 Å². The molecule has 11 heteroatoms. The van der Waals surface area contributed by atoms with E-state index in [2.05, 4.69) is 10.3 Å². The Hall–Kier alpha value is -3.63. The van der Waals surface area contributed by atoms with Gasteiger partial charge in [-0.15, -0.1) is 0 Å². The molecule has 0 unspecified atom stereocenters. The van der Waals surface area contributed by atoms with Gasteiger partial charge in [-0.1, -0.05) is 6.07 Å². The molecule has 1 aliphatic rings. The summed E-state index contributed by atoms with van der Waals surface area (Å²) in [5.41, 5.74) is 4.18. The second-order valence-electron chi connectivity index (χ2n) is 11.5. The highest BCUT2D eigenvalue weighted by Gasteiger charge is 2.33. The molecule has 38 heavy (non-hydrogen) atoms. The average Bonchev–Trinajstić information content (AvgIpc) is 2.76. The second kappa shape index (κ2) is 11.4. The van der Waals surface area contributed by atoms with Crippen LogP contribution in [-0.2, 0) is 16.0 Å². The molecule has 1 saturated carbocycles. The summed E-state index contributed by atoms with van der Waals surface area (Å²) in [4.78, 5) is 42.7. The third-order valence-corrected chi connectivity index (χ3v) is 5.97. The summed E-state index contributed by atoms with van der Waals surface area (Å²) >= 11 is 0. The van der Waals surface area contributed by atoms with Crippen molar-refractivity contribution in [2.75, 3.05) is 5.73 Å². The number of carbonyl (C=O) groups excluding carboxylic acids is 2. The van der Waals surface area contributed by atoms with Gasteiger partial charge in [0.1, 0.15) is 22.8 Å². The molecule has 1 heterocycles. The van der Waals surface area contributed by atoms with Crippen LogP contribution in [0.3, 0.4) is 0 Å². The van der Waals surface area contributed by atoms with Crippen LogP contribution >= 0.6 is 0 Å². The van der Waals surface area contributed by atoms with Crippen LogP contribution in [0.1, 0.15) is 72.8 Å². The van der Waals surface area contributed by atoms with Gasteiger partial charge in [-0.2, -0.15) is 4.98 Å². The number of nitrogens with zero attached hydrogens (tertiary/aromatic N) is 3. The number of nitrogens with one attached hydrogen (secondary N) is 1. The summed E-state index contributed by atoms with van der Waals surface area (Å²) in [5.74, 6) is -0.493. The Morgan fingerprint density at radius 2 is 1.71 bits per heavy atom. The molecule has 0 radical (unpaired) electrons. The molecule has 3 N–H and O–H groups in total. The monoisotopic (exact) mass is 531 g/mol. The number of ether oxygens (including phenoxy) is 2. The summed E-state index contributed by atoms with van der Waals surface area (Å²) in [5, 5.41) is 2.89. The largest absolute Gasteiger partial charge is 0.444 e. The molecule has 1 aliphatic carbocycles. The van der Waals surface area contributed by atoms with Crippen molar-refractivity contribution in [1.82, 2.24) is 19.8 Å². The van der Waals surface area contributed by atoms with E-state index >= 15 is 4.39 Å². The van der Waals surface area contributed by atoms with Crippen molar-refractivity contribution in [1.29, 1.82) is 0 Å².